The van der Waals surface area contributed by atoms with Crippen molar-refractivity contribution in [2.75, 3.05) is 27.2 Å². The first-order valence-corrected chi connectivity index (χ1v) is 4.46. The minimum atomic E-state index is 0.349. The van der Waals surface area contributed by atoms with Gasteiger partial charge in [0.15, 0.2) is 0 Å². The van der Waals surface area contributed by atoms with E-state index >= 15 is 0 Å². The van der Waals surface area contributed by atoms with Crippen molar-refractivity contribution in [3.8, 4) is 0 Å². The average Bonchev–Trinajstić information content (AvgIpc) is 1.97. The second-order valence-electron chi connectivity index (χ2n) is 3.43. The van der Waals surface area contributed by atoms with Crippen molar-refractivity contribution in [3.63, 3.8) is 0 Å². The Hall–Kier alpha value is -0.0800. The Kier molecular flexibility index (Phi) is 6.57. The van der Waals surface area contributed by atoms with Gasteiger partial charge in [-0.3, -0.25) is 0 Å². The Morgan fingerprint density at radius 2 is 1.91 bits per heavy atom. The van der Waals surface area contributed by atoms with Crippen molar-refractivity contribution in [2.24, 2.45) is 5.92 Å². The standard InChI is InChI=1S/C9H21NO/c1-4-5-9(8-11)6-7-10(2)3/h9,11H,4-8H2,1-3H3. The fourth-order valence-electron chi connectivity index (χ4n) is 1.18. The second kappa shape index (κ2) is 6.62. The van der Waals surface area contributed by atoms with Gasteiger partial charge >= 0.3 is 0 Å². The summed E-state index contributed by atoms with van der Waals surface area (Å²) in [7, 11) is 4.14. The first-order chi connectivity index (χ1) is 5.20. The molecule has 1 atom stereocenters. The van der Waals surface area contributed by atoms with Crippen molar-refractivity contribution >= 4 is 0 Å². The quantitative estimate of drug-likeness (QED) is 0.632. The minimum absolute atomic E-state index is 0.349. The van der Waals surface area contributed by atoms with Crippen molar-refractivity contribution in [1.29, 1.82) is 0 Å². The Labute approximate surface area is 70.2 Å². The number of hydrogen-bond acceptors (Lipinski definition) is 2. The fraction of sp³-hybridized carbons (Fsp3) is 1.00. The van der Waals surface area contributed by atoms with E-state index in [0.717, 1.165) is 19.4 Å². The zero-order valence-corrected chi connectivity index (χ0v) is 8.01. The average molecular weight is 159 g/mol. The molecule has 0 aliphatic heterocycles. The van der Waals surface area contributed by atoms with Gasteiger partial charge in [-0.2, -0.15) is 0 Å². The van der Waals surface area contributed by atoms with E-state index in [1.807, 2.05) is 0 Å². The lowest BCUT2D eigenvalue weighted by Gasteiger charge is -2.15. The molecular weight excluding hydrogens is 138 g/mol. The molecule has 0 aromatic carbocycles. The Morgan fingerprint density at radius 3 is 2.27 bits per heavy atom. The first-order valence-electron chi connectivity index (χ1n) is 4.46. The predicted molar refractivity (Wildman–Crippen MR) is 48.7 cm³/mol. The van der Waals surface area contributed by atoms with E-state index in [-0.39, 0.29) is 0 Å². The van der Waals surface area contributed by atoms with E-state index in [0.29, 0.717) is 12.5 Å². The summed E-state index contributed by atoms with van der Waals surface area (Å²) >= 11 is 0. The number of rotatable bonds is 6. The molecule has 0 radical (unpaired) electrons. The normalized spacial score (nSPS) is 13.9. The van der Waals surface area contributed by atoms with Crippen LogP contribution in [0.3, 0.4) is 0 Å². The fourth-order valence-corrected chi connectivity index (χ4v) is 1.18. The summed E-state index contributed by atoms with van der Waals surface area (Å²) in [6.07, 6.45) is 3.46. The summed E-state index contributed by atoms with van der Waals surface area (Å²) in [6, 6.07) is 0. The van der Waals surface area contributed by atoms with E-state index in [1.165, 1.54) is 6.42 Å². The predicted octanol–water partition coefficient (Wildman–Crippen LogP) is 1.35. The van der Waals surface area contributed by atoms with E-state index < -0.39 is 0 Å². The minimum Gasteiger partial charge on any atom is -0.396 e. The van der Waals surface area contributed by atoms with E-state index in [9.17, 15) is 0 Å². The monoisotopic (exact) mass is 159 g/mol. The number of nitrogens with zero attached hydrogens (tertiary/aromatic N) is 1. The van der Waals surface area contributed by atoms with Gasteiger partial charge in [0.25, 0.3) is 0 Å². The number of aliphatic hydroxyl groups is 1. The highest BCUT2D eigenvalue weighted by molar-refractivity contribution is 4.58. The molecule has 0 aromatic rings. The lowest BCUT2D eigenvalue weighted by atomic mass is 10.0. The summed E-state index contributed by atoms with van der Waals surface area (Å²) in [6.45, 7) is 3.60. The molecule has 0 amide bonds. The van der Waals surface area contributed by atoms with Crippen LogP contribution in [0.15, 0.2) is 0 Å². The molecule has 0 fully saturated rings. The van der Waals surface area contributed by atoms with Crippen LogP contribution in [0, 0.1) is 5.92 Å². The number of aliphatic hydroxyl groups excluding tert-OH is 1. The van der Waals surface area contributed by atoms with Crippen molar-refractivity contribution in [1.82, 2.24) is 4.90 Å². The molecule has 0 saturated heterocycles. The molecule has 0 aliphatic carbocycles. The maximum atomic E-state index is 8.95. The van der Waals surface area contributed by atoms with Crippen LogP contribution >= 0.6 is 0 Å². The van der Waals surface area contributed by atoms with Gasteiger partial charge in [-0.15, -0.1) is 0 Å². The Morgan fingerprint density at radius 1 is 1.27 bits per heavy atom. The topological polar surface area (TPSA) is 23.5 Å². The van der Waals surface area contributed by atoms with Crippen LogP contribution in [0.1, 0.15) is 26.2 Å². The van der Waals surface area contributed by atoms with E-state index in [2.05, 4.69) is 25.9 Å². The molecule has 0 aliphatic rings. The van der Waals surface area contributed by atoms with Gasteiger partial charge in [-0.1, -0.05) is 13.3 Å². The summed E-state index contributed by atoms with van der Waals surface area (Å²) in [4.78, 5) is 2.16. The van der Waals surface area contributed by atoms with Crippen LogP contribution in [0.25, 0.3) is 0 Å². The summed E-state index contributed by atoms with van der Waals surface area (Å²) in [5, 5.41) is 8.95. The molecule has 11 heavy (non-hydrogen) atoms. The molecular formula is C9H21NO. The van der Waals surface area contributed by atoms with Crippen LogP contribution in [0.4, 0.5) is 0 Å². The third-order valence-electron chi connectivity index (χ3n) is 1.94. The maximum absolute atomic E-state index is 8.95. The van der Waals surface area contributed by atoms with Crippen LogP contribution in [0.2, 0.25) is 0 Å². The highest BCUT2D eigenvalue weighted by atomic mass is 16.3. The molecule has 0 aromatic heterocycles. The Balaban J connectivity index is 3.35. The van der Waals surface area contributed by atoms with Crippen LogP contribution in [-0.4, -0.2) is 37.3 Å². The molecule has 1 unspecified atom stereocenters. The van der Waals surface area contributed by atoms with Crippen LogP contribution < -0.4 is 0 Å². The zero-order valence-electron chi connectivity index (χ0n) is 8.01. The van der Waals surface area contributed by atoms with Gasteiger partial charge < -0.3 is 10.0 Å². The van der Waals surface area contributed by atoms with Gasteiger partial charge in [0.2, 0.25) is 0 Å². The number of hydrogen-bond donors (Lipinski definition) is 1. The SMILES string of the molecule is CCCC(CO)CCN(C)C. The molecule has 0 rings (SSSR count). The van der Waals surface area contributed by atoms with Crippen LogP contribution in [0.5, 0.6) is 0 Å². The van der Waals surface area contributed by atoms with Gasteiger partial charge in [0, 0.05) is 6.61 Å². The molecule has 0 bridgehead atoms. The van der Waals surface area contributed by atoms with E-state index in [4.69, 9.17) is 5.11 Å². The largest absolute Gasteiger partial charge is 0.396 e. The lowest BCUT2D eigenvalue weighted by Crippen LogP contribution is -2.18. The highest BCUT2D eigenvalue weighted by Crippen LogP contribution is 2.09. The molecule has 68 valence electrons. The van der Waals surface area contributed by atoms with Crippen molar-refractivity contribution in [2.45, 2.75) is 26.2 Å². The summed E-state index contributed by atoms with van der Waals surface area (Å²) in [5.74, 6) is 0.516. The first kappa shape index (κ1) is 10.9. The van der Waals surface area contributed by atoms with Gasteiger partial charge in [-0.05, 0) is 39.4 Å². The lowest BCUT2D eigenvalue weighted by molar-refractivity contribution is 0.198. The third-order valence-corrected chi connectivity index (χ3v) is 1.94. The molecule has 1 N–H and O–H groups in total. The molecule has 2 nitrogen and oxygen atoms in total. The van der Waals surface area contributed by atoms with Gasteiger partial charge in [-0.25, -0.2) is 0 Å². The maximum Gasteiger partial charge on any atom is 0.0459 e. The summed E-state index contributed by atoms with van der Waals surface area (Å²) < 4.78 is 0. The third kappa shape index (κ3) is 6.32. The van der Waals surface area contributed by atoms with Gasteiger partial charge in [0.1, 0.15) is 0 Å². The van der Waals surface area contributed by atoms with Crippen molar-refractivity contribution in [3.05, 3.63) is 0 Å². The van der Waals surface area contributed by atoms with E-state index in [1.54, 1.807) is 0 Å². The molecule has 0 saturated carbocycles. The highest BCUT2D eigenvalue weighted by Gasteiger charge is 2.05. The van der Waals surface area contributed by atoms with Crippen LogP contribution in [-0.2, 0) is 0 Å². The Bertz CT molecular complexity index is 83.6. The zero-order chi connectivity index (χ0) is 8.69. The molecule has 2 heteroatoms. The van der Waals surface area contributed by atoms with Gasteiger partial charge in [0.05, 0.1) is 0 Å². The molecule has 0 spiro atoms. The molecule has 0 heterocycles. The smallest absolute Gasteiger partial charge is 0.0459 e. The second-order valence-corrected chi connectivity index (χ2v) is 3.43. The summed E-state index contributed by atoms with van der Waals surface area (Å²) in [5.41, 5.74) is 0. The van der Waals surface area contributed by atoms with Crippen molar-refractivity contribution < 1.29 is 5.11 Å².